The Morgan fingerprint density at radius 3 is 2.62 bits per heavy atom. The van der Waals surface area contributed by atoms with E-state index in [1.165, 1.54) is 0 Å². The second-order valence-corrected chi connectivity index (χ2v) is 3.45. The molecule has 0 spiro atoms. The van der Waals surface area contributed by atoms with Crippen LogP contribution in [-0.4, -0.2) is 30.6 Å². The molecule has 0 saturated carbocycles. The third-order valence-corrected chi connectivity index (χ3v) is 1.94. The maximum absolute atomic E-state index is 9.19. The summed E-state index contributed by atoms with van der Waals surface area (Å²) < 4.78 is 0. The molecule has 0 saturated heterocycles. The zero-order valence-corrected chi connectivity index (χ0v) is 8.12. The Bertz CT molecular complexity index is 284. The third-order valence-electron chi connectivity index (χ3n) is 1.94. The summed E-state index contributed by atoms with van der Waals surface area (Å²) in [7, 11) is 4.06. The van der Waals surface area contributed by atoms with Crippen molar-refractivity contribution >= 4 is 5.69 Å². The van der Waals surface area contributed by atoms with E-state index in [-0.39, 0.29) is 5.75 Å². The van der Waals surface area contributed by atoms with Gasteiger partial charge in [-0.2, -0.15) is 0 Å². The van der Waals surface area contributed by atoms with E-state index in [1.54, 1.807) is 6.07 Å². The number of hydrogen-bond donors (Lipinski definition) is 2. The number of nitrogens with two attached hydrogens (primary N) is 1. The highest BCUT2D eigenvalue weighted by Crippen LogP contribution is 2.20. The monoisotopic (exact) mass is 180 g/mol. The molecule has 72 valence electrons. The van der Waals surface area contributed by atoms with E-state index in [1.807, 2.05) is 26.2 Å². The van der Waals surface area contributed by atoms with Gasteiger partial charge in [-0.05, 0) is 38.2 Å². The van der Waals surface area contributed by atoms with Gasteiger partial charge in [0.05, 0.1) is 5.69 Å². The summed E-state index contributed by atoms with van der Waals surface area (Å²) in [6.45, 7) is 0.990. The number of aromatic hydroxyl groups is 1. The van der Waals surface area contributed by atoms with E-state index < -0.39 is 0 Å². The quantitative estimate of drug-likeness (QED) is 0.540. The van der Waals surface area contributed by atoms with Gasteiger partial charge in [0.25, 0.3) is 0 Å². The summed E-state index contributed by atoms with van der Waals surface area (Å²) in [5.41, 5.74) is 7.17. The minimum absolute atomic E-state index is 0.161. The first-order chi connectivity index (χ1) is 6.09. The van der Waals surface area contributed by atoms with E-state index in [9.17, 15) is 5.11 Å². The van der Waals surface area contributed by atoms with Crippen LogP contribution in [0.25, 0.3) is 0 Å². The number of likely N-dealkylation sites (N-methyl/N-ethyl adjacent to an activating group) is 1. The van der Waals surface area contributed by atoms with Crippen LogP contribution in [0.15, 0.2) is 18.2 Å². The van der Waals surface area contributed by atoms with Crippen LogP contribution in [0.2, 0.25) is 0 Å². The molecule has 0 atom stereocenters. The second-order valence-electron chi connectivity index (χ2n) is 3.45. The fraction of sp³-hybridized carbons (Fsp3) is 0.400. The summed E-state index contributed by atoms with van der Waals surface area (Å²) in [4.78, 5) is 2.11. The molecule has 1 aromatic carbocycles. The molecule has 0 fully saturated rings. The SMILES string of the molecule is CN(C)CCc1ccc(O)c(N)c1. The van der Waals surface area contributed by atoms with Gasteiger partial charge in [-0.3, -0.25) is 0 Å². The average molecular weight is 180 g/mol. The topological polar surface area (TPSA) is 49.5 Å². The molecular weight excluding hydrogens is 164 g/mol. The first-order valence-corrected chi connectivity index (χ1v) is 4.31. The normalized spacial score (nSPS) is 10.7. The van der Waals surface area contributed by atoms with Gasteiger partial charge in [0.1, 0.15) is 5.75 Å². The zero-order valence-electron chi connectivity index (χ0n) is 8.12. The molecule has 13 heavy (non-hydrogen) atoms. The summed E-state index contributed by atoms with van der Waals surface area (Å²) in [5.74, 6) is 0.161. The third kappa shape index (κ3) is 2.95. The molecule has 1 rings (SSSR count). The van der Waals surface area contributed by atoms with Crippen LogP contribution in [0.1, 0.15) is 5.56 Å². The Balaban J connectivity index is 2.63. The molecule has 0 aliphatic carbocycles. The molecule has 0 unspecified atom stereocenters. The maximum Gasteiger partial charge on any atom is 0.138 e. The minimum atomic E-state index is 0.161. The average Bonchev–Trinajstić information content (AvgIpc) is 2.07. The largest absolute Gasteiger partial charge is 0.506 e. The zero-order chi connectivity index (χ0) is 9.84. The van der Waals surface area contributed by atoms with E-state index in [4.69, 9.17) is 5.73 Å². The Morgan fingerprint density at radius 1 is 1.38 bits per heavy atom. The van der Waals surface area contributed by atoms with Crippen LogP contribution < -0.4 is 5.73 Å². The standard InChI is InChI=1S/C10H16N2O/c1-12(2)6-5-8-3-4-10(13)9(11)7-8/h3-4,7,13H,5-6,11H2,1-2H3. The highest BCUT2D eigenvalue weighted by atomic mass is 16.3. The van der Waals surface area contributed by atoms with E-state index in [2.05, 4.69) is 4.90 Å². The van der Waals surface area contributed by atoms with Crippen LogP contribution in [0.5, 0.6) is 5.75 Å². The Hall–Kier alpha value is -1.22. The summed E-state index contributed by atoms with van der Waals surface area (Å²) >= 11 is 0. The lowest BCUT2D eigenvalue weighted by Crippen LogP contribution is -2.15. The molecular formula is C10H16N2O. The lowest BCUT2D eigenvalue weighted by Gasteiger charge is -2.09. The van der Waals surface area contributed by atoms with Crippen LogP contribution in [0, 0.1) is 0 Å². The van der Waals surface area contributed by atoms with E-state index in [0.29, 0.717) is 5.69 Å². The lowest BCUT2D eigenvalue weighted by molar-refractivity contribution is 0.413. The smallest absolute Gasteiger partial charge is 0.138 e. The molecule has 3 N–H and O–H groups in total. The number of phenols is 1. The lowest BCUT2D eigenvalue weighted by atomic mass is 10.1. The van der Waals surface area contributed by atoms with Gasteiger partial charge in [0.15, 0.2) is 0 Å². The second kappa shape index (κ2) is 4.14. The van der Waals surface area contributed by atoms with Crippen molar-refractivity contribution < 1.29 is 5.11 Å². The number of nitrogens with zero attached hydrogens (tertiary/aromatic N) is 1. The number of rotatable bonds is 3. The number of hydrogen-bond acceptors (Lipinski definition) is 3. The van der Waals surface area contributed by atoms with Crippen molar-refractivity contribution in [2.24, 2.45) is 0 Å². The highest BCUT2D eigenvalue weighted by molar-refractivity contribution is 5.53. The fourth-order valence-corrected chi connectivity index (χ4v) is 1.11. The molecule has 0 heterocycles. The molecule has 0 radical (unpaired) electrons. The van der Waals surface area contributed by atoms with Crippen LogP contribution in [0.4, 0.5) is 5.69 Å². The predicted molar refractivity (Wildman–Crippen MR) is 54.8 cm³/mol. The molecule has 0 aliphatic rings. The van der Waals surface area contributed by atoms with Crippen molar-refractivity contribution in [1.29, 1.82) is 0 Å². The van der Waals surface area contributed by atoms with Crippen LogP contribution in [-0.2, 0) is 6.42 Å². The van der Waals surface area contributed by atoms with Gasteiger partial charge in [-0.25, -0.2) is 0 Å². The van der Waals surface area contributed by atoms with Crippen molar-refractivity contribution in [3.05, 3.63) is 23.8 Å². The number of nitrogen functional groups attached to an aromatic ring is 1. The van der Waals surface area contributed by atoms with Crippen molar-refractivity contribution in [3.63, 3.8) is 0 Å². The molecule has 0 amide bonds. The molecule has 3 nitrogen and oxygen atoms in total. The number of benzene rings is 1. The van der Waals surface area contributed by atoms with Gasteiger partial charge >= 0.3 is 0 Å². The number of phenolic OH excluding ortho intramolecular Hbond substituents is 1. The maximum atomic E-state index is 9.19. The fourth-order valence-electron chi connectivity index (χ4n) is 1.11. The molecule has 0 bridgehead atoms. The summed E-state index contributed by atoms with van der Waals surface area (Å²) in [6, 6.07) is 5.36. The first-order valence-electron chi connectivity index (χ1n) is 4.31. The van der Waals surface area contributed by atoms with E-state index >= 15 is 0 Å². The van der Waals surface area contributed by atoms with Gasteiger partial charge in [0.2, 0.25) is 0 Å². The number of anilines is 1. The van der Waals surface area contributed by atoms with Gasteiger partial charge in [-0.15, -0.1) is 0 Å². The van der Waals surface area contributed by atoms with Crippen molar-refractivity contribution in [1.82, 2.24) is 4.90 Å². The Labute approximate surface area is 78.8 Å². The minimum Gasteiger partial charge on any atom is -0.506 e. The van der Waals surface area contributed by atoms with E-state index in [0.717, 1.165) is 18.5 Å². The van der Waals surface area contributed by atoms with Gasteiger partial charge in [0, 0.05) is 6.54 Å². The van der Waals surface area contributed by atoms with Gasteiger partial charge in [-0.1, -0.05) is 6.07 Å². The summed E-state index contributed by atoms with van der Waals surface area (Å²) in [6.07, 6.45) is 0.956. The Kier molecular flexibility index (Phi) is 3.14. The van der Waals surface area contributed by atoms with Crippen molar-refractivity contribution in [3.8, 4) is 5.75 Å². The molecule has 0 aliphatic heterocycles. The van der Waals surface area contributed by atoms with Crippen LogP contribution >= 0.6 is 0 Å². The van der Waals surface area contributed by atoms with Crippen molar-refractivity contribution in [2.75, 3.05) is 26.4 Å². The predicted octanol–water partition coefficient (Wildman–Crippen LogP) is 1.08. The van der Waals surface area contributed by atoms with Crippen LogP contribution in [0.3, 0.4) is 0 Å². The highest BCUT2D eigenvalue weighted by Gasteiger charge is 1.99. The molecule has 3 heteroatoms. The Morgan fingerprint density at radius 2 is 2.08 bits per heavy atom. The summed E-state index contributed by atoms with van der Waals surface area (Å²) in [5, 5.41) is 9.19. The van der Waals surface area contributed by atoms with Gasteiger partial charge < -0.3 is 15.7 Å². The molecule has 1 aromatic rings. The molecule has 0 aromatic heterocycles. The first kappa shape index (κ1) is 9.86. The van der Waals surface area contributed by atoms with Crippen molar-refractivity contribution in [2.45, 2.75) is 6.42 Å².